The Kier molecular flexibility index (Phi) is 4.63. The minimum Gasteiger partial charge on any atom is -0.345 e. The molecule has 1 fully saturated rings. The van der Waals surface area contributed by atoms with Crippen LogP contribution in [0, 0.1) is 0 Å². The predicted molar refractivity (Wildman–Crippen MR) is 98.2 cm³/mol. The topological polar surface area (TPSA) is 77.1 Å². The number of halogens is 1. The quantitative estimate of drug-likeness (QED) is 0.763. The van der Waals surface area contributed by atoms with Gasteiger partial charge in [0.25, 0.3) is 5.91 Å². The van der Waals surface area contributed by atoms with E-state index in [4.69, 9.17) is 11.6 Å². The molecule has 0 spiro atoms. The average Bonchev–Trinajstić information content (AvgIpc) is 3.23. The molecule has 1 aliphatic carbocycles. The van der Waals surface area contributed by atoms with Gasteiger partial charge in [-0.25, -0.2) is 0 Å². The Morgan fingerprint density at radius 1 is 1.23 bits per heavy atom. The number of hydrogen-bond acceptors (Lipinski definition) is 4. The molecule has 0 atom stereocenters. The van der Waals surface area contributed by atoms with Crippen LogP contribution in [-0.2, 0) is 13.6 Å². The van der Waals surface area contributed by atoms with Crippen LogP contribution in [0.15, 0.2) is 24.5 Å². The molecule has 0 aromatic carbocycles. The summed E-state index contributed by atoms with van der Waals surface area (Å²) >= 11 is 6.04. The van der Waals surface area contributed by atoms with Crippen molar-refractivity contribution in [3.63, 3.8) is 0 Å². The highest BCUT2D eigenvalue weighted by molar-refractivity contribution is 6.30. The summed E-state index contributed by atoms with van der Waals surface area (Å²) in [5.74, 6) is 0.884. The van der Waals surface area contributed by atoms with Gasteiger partial charge in [-0.05, 0) is 25.0 Å². The summed E-state index contributed by atoms with van der Waals surface area (Å²) in [5.41, 5.74) is 2.27. The maximum atomic E-state index is 12.8. The number of carbonyl (C=O) groups excluding carboxylic acids is 1. The van der Waals surface area contributed by atoms with E-state index in [9.17, 15) is 4.79 Å². The summed E-state index contributed by atoms with van der Waals surface area (Å²) in [7, 11) is 1.86. The van der Waals surface area contributed by atoms with Gasteiger partial charge in [-0.1, -0.05) is 30.9 Å². The van der Waals surface area contributed by atoms with Gasteiger partial charge in [-0.15, -0.1) is 10.2 Å². The first-order chi connectivity index (χ1) is 12.6. The Balaban J connectivity index is 1.52. The SMILES string of the molecule is Cn1cc(C(=O)NCc2nnc3ccc(Cl)cn23)c(C2CCCCC2)n1. The van der Waals surface area contributed by atoms with Gasteiger partial charge in [0, 0.05) is 25.4 Å². The minimum absolute atomic E-state index is 0.127. The lowest BCUT2D eigenvalue weighted by atomic mass is 9.85. The van der Waals surface area contributed by atoms with Crippen molar-refractivity contribution in [1.82, 2.24) is 29.7 Å². The fourth-order valence-electron chi connectivity index (χ4n) is 3.65. The average molecular weight is 373 g/mol. The van der Waals surface area contributed by atoms with Gasteiger partial charge in [0.15, 0.2) is 11.5 Å². The van der Waals surface area contributed by atoms with Crippen molar-refractivity contribution in [3.05, 3.63) is 46.6 Å². The summed E-state index contributed by atoms with van der Waals surface area (Å²) < 4.78 is 3.51. The van der Waals surface area contributed by atoms with Crippen molar-refractivity contribution in [3.8, 4) is 0 Å². The van der Waals surface area contributed by atoms with Crippen molar-refractivity contribution < 1.29 is 4.79 Å². The second-order valence-corrected chi connectivity index (χ2v) is 7.25. The number of pyridine rings is 1. The van der Waals surface area contributed by atoms with Crippen LogP contribution in [-0.4, -0.2) is 30.3 Å². The third-order valence-electron chi connectivity index (χ3n) is 4.94. The summed E-state index contributed by atoms with van der Waals surface area (Å²) in [4.78, 5) is 12.8. The summed E-state index contributed by atoms with van der Waals surface area (Å²) in [6, 6.07) is 3.56. The maximum absolute atomic E-state index is 12.8. The van der Waals surface area contributed by atoms with E-state index in [1.165, 1.54) is 19.3 Å². The summed E-state index contributed by atoms with van der Waals surface area (Å²) in [6.45, 7) is 0.277. The van der Waals surface area contributed by atoms with Gasteiger partial charge in [0.05, 0.1) is 22.8 Å². The smallest absolute Gasteiger partial charge is 0.255 e. The number of fused-ring (bicyclic) bond motifs is 1. The van der Waals surface area contributed by atoms with Gasteiger partial charge in [0.1, 0.15) is 0 Å². The molecule has 1 N–H and O–H groups in total. The van der Waals surface area contributed by atoms with Crippen LogP contribution in [0.25, 0.3) is 5.65 Å². The molecule has 1 saturated carbocycles. The van der Waals surface area contributed by atoms with E-state index in [1.807, 2.05) is 7.05 Å². The highest BCUT2D eigenvalue weighted by Gasteiger charge is 2.25. The molecule has 3 aromatic heterocycles. The maximum Gasteiger partial charge on any atom is 0.255 e. The van der Waals surface area contributed by atoms with Crippen LogP contribution in [0.4, 0.5) is 0 Å². The molecule has 3 aromatic rings. The number of aromatic nitrogens is 5. The first-order valence-electron chi connectivity index (χ1n) is 8.93. The van der Waals surface area contributed by atoms with E-state index in [0.29, 0.717) is 28.0 Å². The van der Waals surface area contributed by atoms with E-state index in [0.717, 1.165) is 18.5 Å². The van der Waals surface area contributed by atoms with Crippen LogP contribution in [0.5, 0.6) is 0 Å². The molecule has 0 saturated heterocycles. The number of nitrogens with one attached hydrogen (secondary N) is 1. The third kappa shape index (κ3) is 3.31. The van der Waals surface area contributed by atoms with Crippen LogP contribution in [0.2, 0.25) is 5.02 Å². The van der Waals surface area contributed by atoms with E-state index < -0.39 is 0 Å². The minimum atomic E-state index is -0.127. The zero-order chi connectivity index (χ0) is 18.1. The summed E-state index contributed by atoms with van der Waals surface area (Å²) in [6.07, 6.45) is 9.43. The molecule has 4 rings (SSSR count). The molecule has 1 amide bonds. The molecule has 7 nitrogen and oxygen atoms in total. The van der Waals surface area contributed by atoms with Crippen molar-refractivity contribution >= 4 is 23.2 Å². The van der Waals surface area contributed by atoms with Crippen LogP contribution < -0.4 is 5.32 Å². The number of rotatable bonds is 4. The van der Waals surface area contributed by atoms with Gasteiger partial charge in [-0.3, -0.25) is 13.9 Å². The molecule has 26 heavy (non-hydrogen) atoms. The Morgan fingerprint density at radius 3 is 2.85 bits per heavy atom. The largest absolute Gasteiger partial charge is 0.345 e. The van der Waals surface area contributed by atoms with E-state index in [2.05, 4.69) is 20.6 Å². The molecule has 8 heteroatoms. The second kappa shape index (κ2) is 7.07. The Hall–Kier alpha value is -2.41. The number of carbonyl (C=O) groups is 1. The Labute approximate surface area is 156 Å². The van der Waals surface area contributed by atoms with Gasteiger partial charge >= 0.3 is 0 Å². The summed E-state index contributed by atoms with van der Waals surface area (Å²) in [5, 5.41) is 16.3. The standard InChI is InChI=1S/C18H21ClN6O/c1-24-11-14(17(23-24)12-5-3-2-4-6-12)18(26)20-9-16-22-21-15-8-7-13(19)10-25(15)16/h7-8,10-12H,2-6,9H2,1H3,(H,20,26). The van der Waals surface area contributed by atoms with E-state index in [1.54, 1.807) is 33.6 Å². The molecular formula is C18H21ClN6O. The number of nitrogens with zero attached hydrogens (tertiary/aromatic N) is 5. The lowest BCUT2D eigenvalue weighted by Gasteiger charge is -2.20. The highest BCUT2D eigenvalue weighted by Crippen LogP contribution is 2.33. The highest BCUT2D eigenvalue weighted by atomic mass is 35.5. The van der Waals surface area contributed by atoms with Crippen LogP contribution >= 0.6 is 11.6 Å². The zero-order valence-electron chi connectivity index (χ0n) is 14.7. The monoisotopic (exact) mass is 372 g/mol. The number of amides is 1. The van der Waals surface area contributed by atoms with Crippen LogP contribution in [0.3, 0.4) is 0 Å². The second-order valence-electron chi connectivity index (χ2n) is 6.81. The Morgan fingerprint density at radius 2 is 2.04 bits per heavy atom. The van der Waals surface area contributed by atoms with E-state index in [-0.39, 0.29) is 12.5 Å². The Bertz CT molecular complexity index is 940. The molecule has 3 heterocycles. The lowest BCUT2D eigenvalue weighted by Crippen LogP contribution is -2.25. The van der Waals surface area contributed by atoms with Crippen molar-refractivity contribution in [1.29, 1.82) is 0 Å². The molecule has 0 unspecified atom stereocenters. The molecule has 1 aliphatic rings. The van der Waals surface area contributed by atoms with Crippen LogP contribution in [0.1, 0.15) is 59.9 Å². The predicted octanol–water partition coefficient (Wildman–Crippen LogP) is 3.09. The lowest BCUT2D eigenvalue weighted by molar-refractivity contribution is 0.0948. The molecule has 0 radical (unpaired) electrons. The third-order valence-corrected chi connectivity index (χ3v) is 5.16. The van der Waals surface area contributed by atoms with Gasteiger partial charge in [-0.2, -0.15) is 5.10 Å². The molecule has 0 aliphatic heterocycles. The fourth-order valence-corrected chi connectivity index (χ4v) is 3.81. The van der Waals surface area contributed by atoms with Crippen molar-refractivity contribution in [2.45, 2.75) is 44.6 Å². The number of hydrogen-bond donors (Lipinski definition) is 1. The van der Waals surface area contributed by atoms with Gasteiger partial charge in [0.2, 0.25) is 0 Å². The van der Waals surface area contributed by atoms with E-state index >= 15 is 0 Å². The molecule has 0 bridgehead atoms. The normalized spacial score (nSPS) is 15.5. The van der Waals surface area contributed by atoms with Gasteiger partial charge < -0.3 is 5.32 Å². The van der Waals surface area contributed by atoms with Crippen molar-refractivity contribution in [2.24, 2.45) is 7.05 Å². The fraction of sp³-hybridized carbons (Fsp3) is 0.444. The first kappa shape index (κ1) is 17.0. The first-order valence-corrected chi connectivity index (χ1v) is 9.30. The van der Waals surface area contributed by atoms with Crippen molar-refractivity contribution in [2.75, 3.05) is 0 Å². The zero-order valence-corrected chi connectivity index (χ0v) is 15.4. The molecule has 136 valence electrons. The molecular weight excluding hydrogens is 352 g/mol. The number of aryl methyl sites for hydroxylation is 1.